The van der Waals surface area contributed by atoms with Crippen molar-refractivity contribution in [2.75, 3.05) is 26.7 Å². The number of benzene rings is 1. The highest BCUT2D eigenvalue weighted by molar-refractivity contribution is 5.26. The molecular weight excluding hydrogens is 244 g/mol. The van der Waals surface area contributed by atoms with E-state index in [1.165, 1.54) is 63.7 Å². The molecular formula is C18H28N2. The van der Waals surface area contributed by atoms with Crippen LogP contribution in [0.15, 0.2) is 24.3 Å². The molecule has 1 N–H and O–H groups in total. The Balaban J connectivity index is 1.60. The molecule has 20 heavy (non-hydrogen) atoms. The molecule has 2 atom stereocenters. The zero-order valence-electron chi connectivity index (χ0n) is 12.8. The van der Waals surface area contributed by atoms with E-state index in [0.29, 0.717) is 6.04 Å². The molecule has 2 saturated heterocycles. The van der Waals surface area contributed by atoms with Gasteiger partial charge in [-0.05, 0) is 82.3 Å². The van der Waals surface area contributed by atoms with Crippen LogP contribution >= 0.6 is 0 Å². The molecule has 0 aliphatic carbocycles. The van der Waals surface area contributed by atoms with E-state index in [9.17, 15) is 0 Å². The summed E-state index contributed by atoms with van der Waals surface area (Å²) < 4.78 is 0. The van der Waals surface area contributed by atoms with E-state index in [1.54, 1.807) is 5.56 Å². The molecule has 2 heterocycles. The Bertz CT molecular complexity index is 406. The van der Waals surface area contributed by atoms with Crippen molar-refractivity contribution in [1.29, 1.82) is 0 Å². The standard InChI is InChI=1S/C18H28N2/c1-20-12-3-4-16(10-13-20)17-8-6-15(7-9-17)14-18-5-2-11-19-18/h6-9,16,18-19H,2-5,10-14H2,1H3. The van der Waals surface area contributed by atoms with Gasteiger partial charge in [-0.25, -0.2) is 0 Å². The van der Waals surface area contributed by atoms with Crippen molar-refractivity contribution >= 4 is 0 Å². The van der Waals surface area contributed by atoms with Crippen molar-refractivity contribution in [3.05, 3.63) is 35.4 Å². The predicted molar refractivity (Wildman–Crippen MR) is 85.3 cm³/mol. The van der Waals surface area contributed by atoms with Crippen molar-refractivity contribution in [3.63, 3.8) is 0 Å². The van der Waals surface area contributed by atoms with Crippen LogP contribution in [0.3, 0.4) is 0 Å². The summed E-state index contributed by atoms with van der Waals surface area (Å²) in [6.07, 6.45) is 7.91. The molecule has 1 aromatic rings. The molecule has 0 radical (unpaired) electrons. The highest BCUT2D eigenvalue weighted by atomic mass is 15.1. The summed E-state index contributed by atoms with van der Waals surface area (Å²) in [5.74, 6) is 0.776. The number of nitrogens with one attached hydrogen (secondary N) is 1. The zero-order chi connectivity index (χ0) is 13.8. The molecule has 2 aliphatic rings. The topological polar surface area (TPSA) is 15.3 Å². The van der Waals surface area contributed by atoms with Gasteiger partial charge in [-0.15, -0.1) is 0 Å². The van der Waals surface area contributed by atoms with Crippen LogP contribution in [0.1, 0.15) is 49.1 Å². The van der Waals surface area contributed by atoms with Crippen LogP contribution in [0.2, 0.25) is 0 Å². The van der Waals surface area contributed by atoms with Crippen molar-refractivity contribution in [2.45, 2.75) is 50.5 Å². The molecule has 0 bridgehead atoms. The Morgan fingerprint density at radius 1 is 1.05 bits per heavy atom. The minimum absolute atomic E-state index is 0.715. The van der Waals surface area contributed by atoms with Gasteiger partial charge in [0.1, 0.15) is 0 Å². The van der Waals surface area contributed by atoms with Crippen LogP contribution in [-0.2, 0) is 6.42 Å². The summed E-state index contributed by atoms with van der Waals surface area (Å²) in [5.41, 5.74) is 3.06. The van der Waals surface area contributed by atoms with Crippen LogP contribution in [0.25, 0.3) is 0 Å². The van der Waals surface area contributed by atoms with Gasteiger partial charge in [-0.1, -0.05) is 24.3 Å². The minimum atomic E-state index is 0.715. The van der Waals surface area contributed by atoms with Gasteiger partial charge in [0.25, 0.3) is 0 Å². The van der Waals surface area contributed by atoms with Gasteiger partial charge in [-0.3, -0.25) is 0 Å². The van der Waals surface area contributed by atoms with Crippen molar-refractivity contribution < 1.29 is 0 Å². The summed E-state index contributed by atoms with van der Waals surface area (Å²) in [7, 11) is 2.25. The highest BCUT2D eigenvalue weighted by Gasteiger charge is 2.17. The van der Waals surface area contributed by atoms with Crippen molar-refractivity contribution in [1.82, 2.24) is 10.2 Å². The van der Waals surface area contributed by atoms with E-state index < -0.39 is 0 Å². The fourth-order valence-electron chi connectivity index (χ4n) is 3.71. The molecule has 3 rings (SSSR count). The molecule has 2 unspecified atom stereocenters. The Kier molecular flexibility index (Phi) is 4.74. The van der Waals surface area contributed by atoms with Crippen molar-refractivity contribution in [3.8, 4) is 0 Å². The first kappa shape index (κ1) is 14.1. The minimum Gasteiger partial charge on any atom is -0.314 e. The lowest BCUT2D eigenvalue weighted by Gasteiger charge is -2.16. The Hall–Kier alpha value is -0.860. The number of hydrogen-bond donors (Lipinski definition) is 1. The van der Waals surface area contributed by atoms with E-state index in [1.807, 2.05) is 0 Å². The van der Waals surface area contributed by atoms with Gasteiger partial charge in [0.2, 0.25) is 0 Å². The first-order valence-electron chi connectivity index (χ1n) is 8.32. The molecule has 2 nitrogen and oxygen atoms in total. The van der Waals surface area contributed by atoms with Crippen LogP contribution in [0, 0.1) is 0 Å². The van der Waals surface area contributed by atoms with Crippen LogP contribution in [-0.4, -0.2) is 37.6 Å². The second-order valence-corrected chi connectivity index (χ2v) is 6.67. The van der Waals surface area contributed by atoms with Gasteiger partial charge in [0.05, 0.1) is 0 Å². The number of likely N-dealkylation sites (tertiary alicyclic amines) is 1. The molecule has 2 fully saturated rings. The van der Waals surface area contributed by atoms with E-state index in [4.69, 9.17) is 0 Å². The van der Waals surface area contributed by atoms with E-state index in [2.05, 4.69) is 41.5 Å². The predicted octanol–water partition coefficient (Wildman–Crippen LogP) is 3.18. The summed E-state index contributed by atoms with van der Waals surface area (Å²) in [6, 6.07) is 10.2. The molecule has 0 saturated carbocycles. The SMILES string of the molecule is CN1CCCC(c2ccc(CC3CCCN3)cc2)CC1. The average Bonchev–Trinajstić information content (AvgIpc) is 2.87. The summed E-state index contributed by atoms with van der Waals surface area (Å²) >= 11 is 0. The van der Waals surface area contributed by atoms with E-state index >= 15 is 0 Å². The second-order valence-electron chi connectivity index (χ2n) is 6.67. The third kappa shape index (κ3) is 3.62. The molecule has 0 amide bonds. The van der Waals surface area contributed by atoms with Gasteiger partial charge in [0, 0.05) is 6.04 Å². The maximum absolute atomic E-state index is 3.59. The maximum Gasteiger partial charge on any atom is 0.0108 e. The fourth-order valence-corrected chi connectivity index (χ4v) is 3.71. The molecule has 110 valence electrons. The molecule has 0 spiro atoms. The van der Waals surface area contributed by atoms with Gasteiger partial charge < -0.3 is 10.2 Å². The van der Waals surface area contributed by atoms with Crippen molar-refractivity contribution in [2.24, 2.45) is 0 Å². The van der Waals surface area contributed by atoms with Gasteiger partial charge in [-0.2, -0.15) is 0 Å². The molecule has 2 heteroatoms. The normalized spacial score (nSPS) is 28.4. The smallest absolute Gasteiger partial charge is 0.0108 e. The average molecular weight is 272 g/mol. The highest BCUT2D eigenvalue weighted by Crippen LogP contribution is 2.28. The van der Waals surface area contributed by atoms with Gasteiger partial charge >= 0.3 is 0 Å². The fraction of sp³-hybridized carbons (Fsp3) is 0.667. The molecule has 0 aromatic heterocycles. The lowest BCUT2D eigenvalue weighted by atomic mass is 9.91. The molecule has 1 aromatic carbocycles. The number of hydrogen-bond acceptors (Lipinski definition) is 2. The van der Waals surface area contributed by atoms with Gasteiger partial charge in [0.15, 0.2) is 0 Å². The van der Waals surface area contributed by atoms with Crippen LogP contribution in [0.5, 0.6) is 0 Å². The zero-order valence-corrected chi connectivity index (χ0v) is 12.8. The summed E-state index contributed by atoms with van der Waals surface area (Å²) in [4.78, 5) is 2.47. The molecule has 2 aliphatic heterocycles. The lowest BCUT2D eigenvalue weighted by Crippen LogP contribution is -2.23. The maximum atomic E-state index is 3.59. The largest absolute Gasteiger partial charge is 0.314 e. The van der Waals surface area contributed by atoms with E-state index in [0.717, 1.165) is 5.92 Å². The summed E-state index contributed by atoms with van der Waals surface area (Å²) in [6.45, 7) is 3.72. The third-order valence-electron chi connectivity index (χ3n) is 5.05. The second kappa shape index (κ2) is 6.73. The Labute approximate surface area is 123 Å². The number of nitrogens with zero attached hydrogens (tertiary/aromatic N) is 1. The first-order chi connectivity index (χ1) is 9.81. The quantitative estimate of drug-likeness (QED) is 0.909. The summed E-state index contributed by atoms with van der Waals surface area (Å²) in [5, 5.41) is 3.59. The first-order valence-corrected chi connectivity index (χ1v) is 8.32. The lowest BCUT2D eigenvalue weighted by molar-refractivity contribution is 0.347. The third-order valence-corrected chi connectivity index (χ3v) is 5.05. The monoisotopic (exact) mass is 272 g/mol. The number of rotatable bonds is 3. The Morgan fingerprint density at radius 3 is 2.65 bits per heavy atom. The van der Waals surface area contributed by atoms with Crippen LogP contribution < -0.4 is 5.32 Å². The van der Waals surface area contributed by atoms with E-state index in [-0.39, 0.29) is 0 Å². The Morgan fingerprint density at radius 2 is 1.90 bits per heavy atom. The van der Waals surface area contributed by atoms with Crippen LogP contribution in [0.4, 0.5) is 0 Å².